The minimum Gasteiger partial charge on any atom is -0.348 e. The van der Waals surface area contributed by atoms with Gasteiger partial charge in [-0.2, -0.15) is 0 Å². The molecule has 3 aromatic rings. The van der Waals surface area contributed by atoms with Crippen molar-refractivity contribution >= 4 is 52.5 Å². The first kappa shape index (κ1) is 22.5. The zero-order valence-corrected chi connectivity index (χ0v) is 20.1. The van der Waals surface area contributed by atoms with E-state index in [0.717, 1.165) is 36.4 Å². The van der Waals surface area contributed by atoms with Crippen LogP contribution in [0.3, 0.4) is 0 Å². The van der Waals surface area contributed by atoms with Crippen molar-refractivity contribution in [2.24, 2.45) is 0 Å². The molecule has 1 amide bonds. The molecule has 31 heavy (non-hydrogen) atoms. The lowest BCUT2D eigenvalue weighted by molar-refractivity contribution is 0.0919. The molecule has 1 heterocycles. The van der Waals surface area contributed by atoms with Crippen molar-refractivity contribution in [2.45, 2.75) is 43.2 Å². The zero-order chi connectivity index (χ0) is 22.0. The third kappa shape index (κ3) is 4.90. The topological polar surface area (TPSA) is 46.9 Å². The second-order valence-corrected chi connectivity index (χ2v) is 9.61. The molecule has 4 rings (SSSR count). The number of carbonyl (C=O) groups is 1. The molecule has 1 aromatic heterocycles. The second-order valence-electron chi connectivity index (χ2n) is 7.54. The predicted octanol–water partition coefficient (Wildman–Crippen LogP) is 7.28. The Hall–Kier alpha value is -1.66. The highest BCUT2D eigenvalue weighted by Gasteiger charge is 2.27. The van der Waals surface area contributed by atoms with Crippen molar-refractivity contribution < 1.29 is 4.79 Å². The van der Waals surface area contributed by atoms with E-state index in [4.69, 9.17) is 39.8 Å². The van der Waals surface area contributed by atoms with Crippen LogP contribution in [0, 0.1) is 0 Å². The highest BCUT2D eigenvalue weighted by Crippen LogP contribution is 2.36. The van der Waals surface area contributed by atoms with Crippen LogP contribution in [0.4, 0.5) is 0 Å². The standard InChI is InChI=1S/C23H22Cl3N3OS/c1-31-23-20(22(30)27-16-5-3-2-4-6-16)28-21(18-12-9-15(25)13-19(18)26)29(23)17-10-7-14(24)8-11-17/h7-13,16H,2-6H2,1H3,(H,27,30). The van der Waals surface area contributed by atoms with Crippen molar-refractivity contribution in [1.29, 1.82) is 0 Å². The molecule has 1 aliphatic carbocycles. The summed E-state index contributed by atoms with van der Waals surface area (Å²) in [5.74, 6) is 0.428. The van der Waals surface area contributed by atoms with Gasteiger partial charge in [0.15, 0.2) is 5.69 Å². The average molecular weight is 495 g/mol. The van der Waals surface area contributed by atoms with Gasteiger partial charge in [-0.3, -0.25) is 9.36 Å². The quantitative estimate of drug-likeness (QED) is 0.379. The van der Waals surface area contributed by atoms with Gasteiger partial charge in [-0.05, 0) is 61.6 Å². The van der Waals surface area contributed by atoms with Gasteiger partial charge in [0.2, 0.25) is 0 Å². The molecule has 1 aliphatic rings. The Labute approximate surface area is 201 Å². The molecule has 0 saturated heterocycles. The van der Waals surface area contributed by atoms with E-state index < -0.39 is 0 Å². The lowest BCUT2D eigenvalue weighted by Crippen LogP contribution is -2.36. The smallest absolute Gasteiger partial charge is 0.272 e. The van der Waals surface area contributed by atoms with Gasteiger partial charge in [-0.25, -0.2) is 4.98 Å². The maximum absolute atomic E-state index is 13.2. The van der Waals surface area contributed by atoms with Crippen LogP contribution in [0.15, 0.2) is 47.5 Å². The van der Waals surface area contributed by atoms with Crippen LogP contribution in [0.5, 0.6) is 0 Å². The van der Waals surface area contributed by atoms with Crippen LogP contribution >= 0.6 is 46.6 Å². The normalized spacial score (nSPS) is 14.6. The number of thioether (sulfide) groups is 1. The molecule has 0 spiro atoms. The molecule has 2 aromatic carbocycles. The number of imidazole rings is 1. The first-order chi connectivity index (χ1) is 15.0. The molecule has 4 nitrogen and oxygen atoms in total. The second kappa shape index (κ2) is 9.86. The van der Waals surface area contributed by atoms with Crippen LogP contribution < -0.4 is 5.32 Å². The van der Waals surface area contributed by atoms with Crippen molar-refractivity contribution in [2.75, 3.05) is 6.26 Å². The van der Waals surface area contributed by atoms with Gasteiger partial charge in [0.1, 0.15) is 10.9 Å². The van der Waals surface area contributed by atoms with Crippen LogP contribution in [-0.2, 0) is 0 Å². The van der Waals surface area contributed by atoms with Crippen LogP contribution in [0.25, 0.3) is 17.1 Å². The Bertz CT molecular complexity index is 1090. The summed E-state index contributed by atoms with van der Waals surface area (Å²) in [5, 5.41) is 5.58. The molecule has 0 atom stereocenters. The molecular weight excluding hydrogens is 473 g/mol. The van der Waals surface area contributed by atoms with Crippen LogP contribution in [-0.4, -0.2) is 27.8 Å². The molecule has 0 unspecified atom stereocenters. The van der Waals surface area contributed by atoms with Gasteiger partial charge < -0.3 is 5.32 Å². The molecule has 1 N–H and O–H groups in total. The van der Waals surface area contributed by atoms with E-state index in [1.807, 2.05) is 41.2 Å². The molecule has 8 heteroatoms. The first-order valence-corrected chi connectivity index (χ1v) is 12.5. The fraction of sp³-hybridized carbons (Fsp3) is 0.304. The number of benzene rings is 2. The monoisotopic (exact) mass is 493 g/mol. The Kier molecular flexibility index (Phi) is 7.17. The van der Waals surface area contributed by atoms with Crippen molar-refractivity contribution in [1.82, 2.24) is 14.9 Å². The molecule has 0 bridgehead atoms. The minimum absolute atomic E-state index is 0.157. The van der Waals surface area contributed by atoms with E-state index in [9.17, 15) is 4.79 Å². The predicted molar refractivity (Wildman–Crippen MR) is 130 cm³/mol. The van der Waals surface area contributed by atoms with Crippen molar-refractivity contribution in [3.63, 3.8) is 0 Å². The van der Waals surface area contributed by atoms with E-state index >= 15 is 0 Å². The highest BCUT2D eigenvalue weighted by molar-refractivity contribution is 7.98. The molecule has 0 aliphatic heterocycles. The largest absolute Gasteiger partial charge is 0.348 e. The molecule has 162 valence electrons. The van der Waals surface area contributed by atoms with E-state index in [1.165, 1.54) is 18.2 Å². The number of aromatic nitrogens is 2. The van der Waals surface area contributed by atoms with Crippen molar-refractivity contribution in [3.8, 4) is 17.1 Å². The Balaban J connectivity index is 1.84. The Morgan fingerprint density at radius 3 is 2.35 bits per heavy atom. The van der Waals surface area contributed by atoms with Gasteiger partial charge in [-0.15, -0.1) is 11.8 Å². The van der Waals surface area contributed by atoms with E-state index in [1.54, 1.807) is 12.1 Å². The van der Waals surface area contributed by atoms with Gasteiger partial charge in [0.25, 0.3) is 5.91 Å². The summed E-state index contributed by atoms with van der Waals surface area (Å²) in [6.07, 6.45) is 7.47. The number of nitrogens with one attached hydrogen (secondary N) is 1. The van der Waals surface area contributed by atoms with Crippen LogP contribution in [0.1, 0.15) is 42.6 Å². The van der Waals surface area contributed by atoms with E-state index in [-0.39, 0.29) is 11.9 Å². The summed E-state index contributed by atoms with van der Waals surface area (Å²) in [6.45, 7) is 0. The number of rotatable bonds is 5. The zero-order valence-electron chi connectivity index (χ0n) is 17.0. The fourth-order valence-corrected chi connectivity index (χ4v) is 5.25. The third-order valence-electron chi connectivity index (χ3n) is 5.44. The number of hydrogen-bond acceptors (Lipinski definition) is 3. The first-order valence-electron chi connectivity index (χ1n) is 10.2. The summed E-state index contributed by atoms with van der Waals surface area (Å²) < 4.78 is 1.95. The van der Waals surface area contributed by atoms with Crippen LogP contribution in [0.2, 0.25) is 15.1 Å². The fourth-order valence-electron chi connectivity index (χ4n) is 3.92. The van der Waals surface area contributed by atoms with Gasteiger partial charge in [0.05, 0.1) is 5.02 Å². The van der Waals surface area contributed by atoms with E-state index in [2.05, 4.69) is 5.32 Å². The minimum atomic E-state index is -0.157. The molecule has 1 fully saturated rings. The highest BCUT2D eigenvalue weighted by atomic mass is 35.5. The van der Waals surface area contributed by atoms with E-state index in [0.29, 0.717) is 32.1 Å². The van der Waals surface area contributed by atoms with Gasteiger partial charge in [0, 0.05) is 27.3 Å². The number of nitrogens with zero attached hydrogens (tertiary/aromatic N) is 2. The Morgan fingerprint density at radius 2 is 1.71 bits per heavy atom. The number of amides is 1. The molecular formula is C23H22Cl3N3OS. The summed E-state index contributed by atoms with van der Waals surface area (Å²) in [5.41, 5.74) is 1.95. The maximum atomic E-state index is 13.2. The maximum Gasteiger partial charge on any atom is 0.272 e. The summed E-state index contributed by atoms with van der Waals surface area (Å²) in [7, 11) is 0. The average Bonchev–Trinajstić information content (AvgIpc) is 3.14. The number of carbonyl (C=O) groups excluding carboxylic acids is 1. The summed E-state index contributed by atoms with van der Waals surface area (Å²) in [6, 6.07) is 12.9. The van der Waals surface area contributed by atoms with Gasteiger partial charge in [-0.1, -0.05) is 54.1 Å². The third-order valence-corrected chi connectivity index (χ3v) is 7.00. The SMILES string of the molecule is CSc1c(C(=O)NC2CCCCC2)nc(-c2ccc(Cl)cc2Cl)n1-c1ccc(Cl)cc1. The molecule has 0 radical (unpaired) electrons. The lowest BCUT2D eigenvalue weighted by atomic mass is 9.95. The lowest BCUT2D eigenvalue weighted by Gasteiger charge is -2.22. The number of hydrogen-bond donors (Lipinski definition) is 1. The Morgan fingerprint density at radius 1 is 1.03 bits per heavy atom. The van der Waals surface area contributed by atoms with Crippen molar-refractivity contribution in [3.05, 3.63) is 63.2 Å². The molecule has 1 saturated carbocycles. The van der Waals surface area contributed by atoms with Gasteiger partial charge >= 0.3 is 0 Å². The summed E-state index contributed by atoms with van der Waals surface area (Å²) >= 11 is 20.2. The number of halogens is 3. The summed E-state index contributed by atoms with van der Waals surface area (Å²) in [4.78, 5) is 18.0.